The molecule has 66 valence electrons. The maximum absolute atomic E-state index is 5.57. The average Bonchev–Trinajstić information content (AvgIpc) is 2.18. The van der Waals surface area contributed by atoms with Crippen LogP contribution >= 0.6 is 0 Å². The van der Waals surface area contributed by atoms with Crippen LogP contribution in [0.5, 0.6) is 0 Å². The van der Waals surface area contributed by atoms with E-state index in [4.69, 9.17) is 10.5 Å². The van der Waals surface area contributed by atoms with E-state index in [1.165, 1.54) is 6.33 Å². The SMILES string of the molecule is COC(C)(CN)c1cncnc1. The lowest BCUT2D eigenvalue weighted by Gasteiger charge is -2.25. The minimum atomic E-state index is -0.471. The standard InChI is InChI=1S/C8H13N3O/c1-8(5-9,12-2)7-3-10-6-11-4-7/h3-4,6H,5,9H2,1-2H3. The summed E-state index contributed by atoms with van der Waals surface area (Å²) in [5.74, 6) is 0. The van der Waals surface area contributed by atoms with Crippen LogP contribution < -0.4 is 5.73 Å². The summed E-state index contributed by atoms with van der Waals surface area (Å²) in [4.78, 5) is 7.80. The fraction of sp³-hybridized carbons (Fsp3) is 0.500. The molecule has 1 unspecified atom stereocenters. The molecule has 2 N–H and O–H groups in total. The van der Waals surface area contributed by atoms with E-state index in [1.807, 2.05) is 6.92 Å². The number of hydrogen-bond donors (Lipinski definition) is 1. The molecule has 0 radical (unpaired) electrons. The van der Waals surface area contributed by atoms with E-state index in [9.17, 15) is 0 Å². The molecule has 0 bridgehead atoms. The van der Waals surface area contributed by atoms with Crippen LogP contribution in [-0.2, 0) is 10.3 Å². The molecule has 0 aliphatic carbocycles. The molecule has 12 heavy (non-hydrogen) atoms. The molecular weight excluding hydrogens is 154 g/mol. The molecule has 4 heteroatoms. The topological polar surface area (TPSA) is 61.0 Å². The second-order valence-corrected chi connectivity index (χ2v) is 2.77. The van der Waals surface area contributed by atoms with Crippen molar-refractivity contribution in [2.45, 2.75) is 12.5 Å². The van der Waals surface area contributed by atoms with Gasteiger partial charge in [0.2, 0.25) is 0 Å². The Bertz CT molecular complexity index is 233. The molecular formula is C8H13N3O. The van der Waals surface area contributed by atoms with Crippen LogP contribution in [0.3, 0.4) is 0 Å². The lowest BCUT2D eigenvalue weighted by Crippen LogP contribution is -2.33. The van der Waals surface area contributed by atoms with Crippen molar-refractivity contribution in [1.82, 2.24) is 9.97 Å². The summed E-state index contributed by atoms with van der Waals surface area (Å²) in [6.45, 7) is 2.32. The van der Waals surface area contributed by atoms with Gasteiger partial charge in [0.05, 0.1) is 0 Å². The van der Waals surface area contributed by atoms with Crippen LogP contribution in [0.15, 0.2) is 18.7 Å². The minimum absolute atomic E-state index is 0.414. The summed E-state index contributed by atoms with van der Waals surface area (Å²) < 4.78 is 5.27. The molecule has 1 rings (SSSR count). The largest absolute Gasteiger partial charge is 0.372 e. The summed E-state index contributed by atoms with van der Waals surface area (Å²) in [5.41, 5.74) is 6.00. The van der Waals surface area contributed by atoms with E-state index in [2.05, 4.69) is 9.97 Å². The third kappa shape index (κ3) is 1.60. The Morgan fingerprint density at radius 2 is 2.08 bits per heavy atom. The van der Waals surface area contributed by atoms with Crippen molar-refractivity contribution >= 4 is 0 Å². The van der Waals surface area contributed by atoms with Gasteiger partial charge in [-0.05, 0) is 6.92 Å². The molecule has 0 fully saturated rings. The van der Waals surface area contributed by atoms with Gasteiger partial charge in [-0.25, -0.2) is 9.97 Å². The summed E-state index contributed by atoms with van der Waals surface area (Å²) in [6, 6.07) is 0. The van der Waals surface area contributed by atoms with E-state index in [1.54, 1.807) is 19.5 Å². The van der Waals surface area contributed by atoms with Crippen molar-refractivity contribution in [2.24, 2.45) is 5.73 Å². The third-order valence-corrected chi connectivity index (χ3v) is 2.01. The summed E-state index contributed by atoms with van der Waals surface area (Å²) in [7, 11) is 1.62. The Morgan fingerprint density at radius 1 is 1.50 bits per heavy atom. The normalized spacial score (nSPS) is 15.6. The van der Waals surface area contributed by atoms with Crippen molar-refractivity contribution in [1.29, 1.82) is 0 Å². The van der Waals surface area contributed by atoms with E-state index in [0.717, 1.165) is 5.56 Å². The van der Waals surface area contributed by atoms with E-state index in [0.29, 0.717) is 6.54 Å². The van der Waals surface area contributed by atoms with Crippen LogP contribution in [0.1, 0.15) is 12.5 Å². The Hall–Kier alpha value is -1.00. The predicted molar refractivity (Wildman–Crippen MR) is 45.4 cm³/mol. The first-order chi connectivity index (χ1) is 5.73. The van der Waals surface area contributed by atoms with Gasteiger partial charge in [0.15, 0.2) is 0 Å². The molecule has 0 aromatic carbocycles. The van der Waals surface area contributed by atoms with Gasteiger partial charge in [-0.2, -0.15) is 0 Å². The predicted octanol–water partition coefficient (Wildman–Crippen LogP) is 0.297. The highest BCUT2D eigenvalue weighted by Gasteiger charge is 2.24. The van der Waals surface area contributed by atoms with Crippen molar-refractivity contribution < 1.29 is 4.74 Å². The zero-order valence-corrected chi connectivity index (χ0v) is 7.32. The summed E-state index contributed by atoms with van der Waals surface area (Å²) in [6.07, 6.45) is 4.91. The smallest absolute Gasteiger partial charge is 0.115 e. The summed E-state index contributed by atoms with van der Waals surface area (Å²) >= 11 is 0. The fourth-order valence-corrected chi connectivity index (χ4v) is 0.891. The number of hydrogen-bond acceptors (Lipinski definition) is 4. The molecule has 0 aliphatic rings. The first-order valence-corrected chi connectivity index (χ1v) is 3.73. The van der Waals surface area contributed by atoms with Crippen LogP contribution in [0, 0.1) is 0 Å². The molecule has 1 heterocycles. The number of ether oxygens (including phenoxy) is 1. The first-order valence-electron chi connectivity index (χ1n) is 3.73. The van der Waals surface area contributed by atoms with Crippen LogP contribution in [0.4, 0.5) is 0 Å². The van der Waals surface area contributed by atoms with Gasteiger partial charge >= 0.3 is 0 Å². The lowest BCUT2D eigenvalue weighted by atomic mass is 9.99. The van der Waals surface area contributed by atoms with Gasteiger partial charge in [0.1, 0.15) is 11.9 Å². The number of nitrogens with two attached hydrogens (primary N) is 1. The van der Waals surface area contributed by atoms with E-state index >= 15 is 0 Å². The molecule has 0 saturated heterocycles. The monoisotopic (exact) mass is 167 g/mol. The van der Waals surface area contributed by atoms with Crippen molar-refractivity contribution in [3.63, 3.8) is 0 Å². The molecule has 0 amide bonds. The Morgan fingerprint density at radius 3 is 2.50 bits per heavy atom. The second-order valence-electron chi connectivity index (χ2n) is 2.77. The Labute approximate surface area is 71.8 Å². The van der Waals surface area contributed by atoms with Gasteiger partial charge < -0.3 is 10.5 Å². The van der Waals surface area contributed by atoms with Crippen molar-refractivity contribution in [2.75, 3.05) is 13.7 Å². The molecule has 0 spiro atoms. The van der Waals surface area contributed by atoms with Gasteiger partial charge in [-0.15, -0.1) is 0 Å². The zero-order chi connectivity index (χ0) is 9.03. The Balaban J connectivity index is 2.95. The summed E-state index contributed by atoms with van der Waals surface area (Å²) in [5, 5.41) is 0. The highest BCUT2D eigenvalue weighted by atomic mass is 16.5. The highest BCUT2D eigenvalue weighted by molar-refractivity contribution is 5.13. The minimum Gasteiger partial charge on any atom is -0.372 e. The number of methoxy groups -OCH3 is 1. The van der Waals surface area contributed by atoms with Crippen LogP contribution in [0.25, 0.3) is 0 Å². The van der Waals surface area contributed by atoms with Crippen molar-refractivity contribution in [3.05, 3.63) is 24.3 Å². The van der Waals surface area contributed by atoms with Crippen LogP contribution in [0.2, 0.25) is 0 Å². The van der Waals surface area contributed by atoms with Crippen molar-refractivity contribution in [3.8, 4) is 0 Å². The van der Waals surface area contributed by atoms with E-state index < -0.39 is 5.60 Å². The molecule has 0 aliphatic heterocycles. The quantitative estimate of drug-likeness (QED) is 0.703. The number of aromatic nitrogens is 2. The van der Waals surface area contributed by atoms with E-state index in [-0.39, 0.29) is 0 Å². The molecule has 1 atom stereocenters. The zero-order valence-electron chi connectivity index (χ0n) is 7.32. The average molecular weight is 167 g/mol. The molecule has 1 aromatic heterocycles. The Kier molecular flexibility index (Phi) is 2.73. The van der Waals surface area contributed by atoms with Gasteiger partial charge in [0.25, 0.3) is 0 Å². The highest BCUT2D eigenvalue weighted by Crippen LogP contribution is 2.20. The van der Waals surface area contributed by atoms with Gasteiger partial charge in [-0.3, -0.25) is 0 Å². The maximum Gasteiger partial charge on any atom is 0.115 e. The lowest BCUT2D eigenvalue weighted by molar-refractivity contribution is 0.00949. The second kappa shape index (κ2) is 3.60. The molecule has 1 aromatic rings. The number of nitrogens with zero attached hydrogens (tertiary/aromatic N) is 2. The third-order valence-electron chi connectivity index (χ3n) is 2.01. The molecule has 0 saturated carbocycles. The van der Waals surface area contributed by atoms with Gasteiger partial charge in [0, 0.05) is 31.6 Å². The number of rotatable bonds is 3. The van der Waals surface area contributed by atoms with Crippen LogP contribution in [-0.4, -0.2) is 23.6 Å². The fourth-order valence-electron chi connectivity index (χ4n) is 0.891. The molecule has 4 nitrogen and oxygen atoms in total. The first kappa shape index (κ1) is 9.09. The maximum atomic E-state index is 5.57. The van der Waals surface area contributed by atoms with Gasteiger partial charge in [-0.1, -0.05) is 0 Å².